The molecular formula is C22H28INO. The lowest BCUT2D eigenvalue weighted by atomic mass is 9.86. The Morgan fingerprint density at radius 1 is 0.880 bits per heavy atom. The second-order valence-electron chi connectivity index (χ2n) is 7.21. The zero-order valence-corrected chi connectivity index (χ0v) is 17.1. The Morgan fingerprint density at radius 3 is 1.84 bits per heavy atom. The van der Waals surface area contributed by atoms with Crippen LogP contribution in [0.15, 0.2) is 72.8 Å². The third kappa shape index (κ3) is 4.93. The molecule has 0 unspecified atom stereocenters. The SMILES string of the molecule is C[N+]1(C/C=C/C(O)(c2ccccc2)c2ccccc2)CCCCC1.[I-]. The van der Waals surface area contributed by atoms with Crippen molar-refractivity contribution in [2.24, 2.45) is 0 Å². The number of hydrogen-bond acceptors (Lipinski definition) is 1. The molecule has 2 aromatic rings. The molecule has 2 aromatic carbocycles. The van der Waals surface area contributed by atoms with Gasteiger partial charge in [-0.3, -0.25) is 0 Å². The number of nitrogens with zero attached hydrogens (tertiary/aromatic N) is 1. The number of likely N-dealkylation sites (N-methyl/N-ethyl adjacent to an activating group) is 1. The van der Waals surface area contributed by atoms with E-state index in [1.54, 1.807) is 0 Å². The molecule has 1 aliphatic heterocycles. The quantitative estimate of drug-likeness (QED) is 0.412. The van der Waals surface area contributed by atoms with Gasteiger partial charge in [0.15, 0.2) is 0 Å². The normalized spacial score (nSPS) is 17.2. The summed E-state index contributed by atoms with van der Waals surface area (Å²) < 4.78 is 1.08. The Morgan fingerprint density at radius 2 is 1.36 bits per heavy atom. The van der Waals surface area contributed by atoms with E-state index in [0.717, 1.165) is 22.2 Å². The molecule has 25 heavy (non-hydrogen) atoms. The van der Waals surface area contributed by atoms with E-state index in [9.17, 15) is 5.11 Å². The van der Waals surface area contributed by atoms with Gasteiger partial charge in [0.2, 0.25) is 0 Å². The highest BCUT2D eigenvalue weighted by Crippen LogP contribution is 2.31. The van der Waals surface area contributed by atoms with E-state index in [0.29, 0.717) is 0 Å². The Hall–Kier alpha value is -1.17. The zero-order chi connectivity index (χ0) is 16.9. The Labute approximate surface area is 168 Å². The lowest BCUT2D eigenvalue weighted by molar-refractivity contribution is -0.908. The fraction of sp³-hybridized carbons (Fsp3) is 0.364. The second-order valence-corrected chi connectivity index (χ2v) is 7.21. The maximum atomic E-state index is 11.5. The monoisotopic (exact) mass is 449 g/mol. The molecule has 0 amide bonds. The van der Waals surface area contributed by atoms with Gasteiger partial charge in [-0.1, -0.05) is 60.7 Å². The van der Waals surface area contributed by atoms with Crippen LogP contribution in [0.25, 0.3) is 0 Å². The summed E-state index contributed by atoms with van der Waals surface area (Å²) in [6, 6.07) is 19.9. The van der Waals surface area contributed by atoms with E-state index in [2.05, 4.69) is 13.1 Å². The second kappa shape index (κ2) is 8.97. The van der Waals surface area contributed by atoms with E-state index >= 15 is 0 Å². The van der Waals surface area contributed by atoms with Gasteiger partial charge in [-0.05, 0) is 42.5 Å². The van der Waals surface area contributed by atoms with Gasteiger partial charge in [-0.2, -0.15) is 0 Å². The average molecular weight is 449 g/mol. The Bertz CT molecular complexity index is 623. The molecule has 0 saturated carbocycles. The van der Waals surface area contributed by atoms with E-state index in [1.165, 1.54) is 32.4 Å². The first-order valence-corrected chi connectivity index (χ1v) is 8.97. The van der Waals surface area contributed by atoms with E-state index in [-0.39, 0.29) is 24.0 Å². The van der Waals surface area contributed by atoms with Crippen molar-refractivity contribution in [3.8, 4) is 0 Å². The third-order valence-electron chi connectivity index (χ3n) is 5.23. The predicted octanol–water partition coefficient (Wildman–Crippen LogP) is 1.11. The molecule has 0 radical (unpaired) electrons. The van der Waals surface area contributed by atoms with Gasteiger partial charge in [0.1, 0.15) is 5.60 Å². The molecule has 1 fully saturated rings. The smallest absolute Gasteiger partial charge is 0.133 e. The van der Waals surface area contributed by atoms with Crippen LogP contribution in [0.2, 0.25) is 0 Å². The molecule has 0 bridgehead atoms. The van der Waals surface area contributed by atoms with Gasteiger partial charge in [-0.25, -0.2) is 0 Å². The first-order valence-electron chi connectivity index (χ1n) is 8.97. The van der Waals surface area contributed by atoms with Crippen molar-refractivity contribution in [3.05, 3.63) is 83.9 Å². The van der Waals surface area contributed by atoms with Crippen LogP contribution in [0.4, 0.5) is 0 Å². The molecule has 134 valence electrons. The molecule has 1 N–H and O–H groups in total. The van der Waals surface area contributed by atoms with Crippen molar-refractivity contribution in [3.63, 3.8) is 0 Å². The summed E-state index contributed by atoms with van der Waals surface area (Å²) in [6.45, 7) is 3.45. The van der Waals surface area contributed by atoms with Gasteiger partial charge < -0.3 is 33.6 Å². The van der Waals surface area contributed by atoms with Crippen LogP contribution in [-0.2, 0) is 5.60 Å². The molecule has 1 aliphatic rings. The van der Waals surface area contributed by atoms with Gasteiger partial charge in [0, 0.05) is 0 Å². The van der Waals surface area contributed by atoms with Gasteiger partial charge in [0.05, 0.1) is 26.7 Å². The predicted molar refractivity (Wildman–Crippen MR) is 99.7 cm³/mol. The molecule has 1 saturated heterocycles. The van der Waals surface area contributed by atoms with E-state index < -0.39 is 5.60 Å². The van der Waals surface area contributed by atoms with Crippen LogP contribution in [-0.4, -0.2) is 36.3 Å². The molecule has 0 atom stereocenters. The fourth-order valence-corrected chi connectivity index (χ4v) is 3.68. The number of likely N-dealkylation sites (tertiary alicyclic amines) is 1. The van der Waals surface area contributed by atoms with Gasteiger partial charge in [-0.15, -0.1) is 0 Å². The summed E-state index contributed by atoms with van der Waals surface area (Å²) in [5.41, 5.74) is 0.750. The van der Waals surface area contributed by atoms with Crippen molar-refractivity contribution in [1.29, 1.82) is 0 Å². The topological polar surface area (TPSA) is 20.2 Å². The van der Waals surface area contributed by atoms with Crippen LogP contribution >= 0.6 is 0 Å². The fourth-order valence-electron chi connectivity index (χ4n) is 3.68. The van der Waals surface area contributed by atoms with E-state index in [1.807, 2.05) is 66.7 Å². The zero-order valence-electron chi connectivity index (χ0n) is 14.9. The molecule has 0 spiro atoms. The summed E-state index contributed by atoms with van der Waals surface area (Å²) in [7, 11) is 2.33. The van der Waals surface area contributed by atoms with Crippen LogP contribution in [0.1, 0.15) is 30.4 Å². The highest BCUT2D eigenvalue weighted by Gasteiger charge is 2.29. The number of hydrogen-bond donors (Lipinski definition) is 1. The van der Waals surface area contributed by atoms with Crippen LogP contribution in [0.5, 0.6) is 0 Å². The summed E-state index contributed by atoms with van der Waals surface area (Å²) in [5.74, 6) is 0. The van der Waals surface area contributed by atoms with Gasteiger partial charge >= 0.3 is 0 Å². The maximum Gasteiger partial charge on any atom is 0.133 e. The number of piperidine rings is 1. The highest BCUT2D eigenvalue weighted by atomic mass is 127. The number of quaternary nitrogens is 1. The molecule has 3 rings (SSSR count). The largest absolute Gasteiger partial charge is 1.00 e. The lowest BCUT2D eigenvalue weighted by Crippen LogP contribution is -3.00. The van der Waals surface area contributed by atoms with Crippen LogP contribution in [0.3, 0.4) is 0 Å². The minimum absolute atomic E-state index is 0. The molecule has 3 heteroatoms. The highest BCUT2D eigenvalue weighted by molar-refractivity contribution is 5.40. The number of halogens is 1. The molecule has 0 aromatic heterocycles. The maximum absolute atomic E-state index is 11.5. The van der Waals surface area contributed by atoms with Crippen LogP contribution < -0.4 is 24.0 Å². The first-order chi connectivity index (χ1) is 11.6. The molecule has 1 heterocycles. The Balaban J connectivity index is 0.00000225. The van der Waals surface area contributed by atoms with Crippen molar-refractivity contribution >= 4 is 0 Å². The summed E-state index contributed by atoms with van der Waals surface area (Å²) in [5, 5.41) is 11.5. The summed E-state index contributed by atoms with van der Waals surface area (Å²) >= 11 is 0. The minimum Gasteiger partial charge on any atom is -1.00 e. The molecule has 0 aliphatic carbocycles. The Kier molecular flexibility index (Phi) is 7.23. The standard InChI is InChI=1S/C22H28NO.HI/c1-23(17-9-4-10-18-23)19-11-16-22(24,20-12-5-2-6-13-20)21-14-7-3-8-15-21;/h2-3,5-8,11-16,24H,4,9-10,17-19H2,1H3;1H/q+1;/p-1/b16-11+;. The summed E-state index contributed by atoms with van der Waals surface area (Å²) in [4.78, 5) is 0. The van der Waals surface area contributed by atoms with Crippen molar-refractivity contribution in [2.75, 3.05) is 26.7 Å². The first kappa shape index (κ1) is 20.1. The molecule has 2 nitrogen and oxygen atoms in total. The van der Waals surface area contributed by atoms with Crippen molar-refractivity contribution in [1.82, 2.24) is 0 Å². The number of benzene rings is 2. The van der Waals surface area contributed by atoms with Gasteiger partial charge in [0.25, 0.3) is 0 Å². The third-order valence-corrected chi connectivity index (χ3v) is 5.23. The number of rotatable bonds is 5. The van der Waals surface area contributed by atoms with Crippen molar-refractivity contribution in [2.45, 2.75) is 24.9 Å². The molecular weight excluding hydrogens is 421 g/mol. The van der Waals surface area contributed by atoms with Crippen LogP contribution in [0, 0.1) is 0 Å². The lowest BCUT2D eigenvalue weighted by Gasteiger charge is -2.37. The number of aliphatic hydroxyl groups is 1. The average Bonchev–Trinajstić information content (AvgIpc) is 2.63. The van der Waals surface area contributed by atoms with Crippen molar-refractivity contribution < 1.29 is 33.6 Å². The van der Waals surface area contributed by atoms with E-state index in [4.69, 9.17) is 0 Å². The minimum atomic E-state index is -1.07. The summed E-state index contributed by atoms with van der Waals surface area (Å²) in [6.07, 6.45) is 8.13.